The molecule has 0 radical (unpaired) electrons. The minimum absolute atomic E-state index is 0.138. The van der Waals surface area contributed by atoms with Crippen LogP contribution in [0.2, 0.25) is 0 Å². The molecule has 0 N–H and O–H groups in total. The highest BCUT2D eigenvalue weighted by atomic mass is 32.1. The molecule has 1 aromatic heterocycles. The number of allylic oxidation sites excluding steroid dienone is 1. The van der Waals surface area contributed by atoms with Crippen LogP contribution >= 0.6 is 11.3 Å². The molecule has 0 aliphatic carbocycles. The van der Waals surface area contributed by atoms with Crippen LogP contribution in [-0.2, 0) is 6.61 Å². The summed E-state index contributed by atoms with van der Waals surface area (Å²) < 4.78 is 5.65. The Bertz CT molecular complexity index is 923. The van der Waals surface area contributed by atoms with Gasteiger partial charge in [-0.1, -0.05) is 30.3 Å². The van der Waals surface area contributed by atoms with Gasteiger partial charge in [0.05, 0.1) is 22.8 Å². The van der Waals surface area contributed by atoms with E-state index in [0.29, 0.717) is 17.7 Å². The van der Waals surface area contributed by atoms with Gasteiger partial charge in [-0.2, -0.15) is 5.26 Å². The van der Waals surface area contributed by atoms with Gasteiger partial charge in [-0.3, -0.25) is 4.79 Å². The molecule has 3 aromatic rings. The zero-order chi connectivity index (χ0) is 17.5. The van der Waals surface area contributed by atoms with Crippen molar-refractivity contribution in [2.45, 2.75) is 6.61 Å². The second-order valence-electron chi connectivity index (χ2n) is 5.23. The third-order valence-corrected chi connectivity index (χ3v) is 4.09. The van der Waals surface area contributed by atoms with Gasteiger partial charge in [-0.05, 0) is 35.9 Å². The van der Waals surface area contributed by atoms with Crippen molar-refractivity contribution in [3.05, 3.63) is 87.9 Å². The molecule has 0 atom stereocenters. The Kier molecular flexibility index (Phi) is 5.35. The van der Waals surface area contributed by atoms with Crippen LogP contribution in [0.5, 0.6) is 5.75 Å². The number of hydrogen-bond acceptors (Lipinski definition) is 5. The Hall–Kier alpha value is -3.23. The number of benzene rings is 2. The molecule has 4 nitrogen and oxygen atoms in total. The molecule has 0 saturated heterocycles. The summed E-state index contributed by atoms with van der Waals surface area (Å²) >= 11 is 1.54. The summed E-state index contributed by atoms with van der Waals surface area (Å²) in [7, 11) is 0. The molecule has 0 aliphatic heterocycles. The largest absolute Gasteiger partial charge is 0.487 e. The smallest absolute Gasteiger partial charge is 0.185 e. The molecule has 0 bridgehead atoms. The van der Waals surface area contributed by atoms with Crippen molar-refractivity contribution in [3.63, 3.8) is 0 Å². The minimum atomic E-state index is -0.138. The lowest BCUT2D eigenvalue weighted by molar-refractivity contribution is 0.104. The van der Waals surface area contributed by atoms with Gasteiger partial charge in [0, 0.05) is 10.9 Å². The summed E-state index contributed by atoms with van der Waals surface area (Å²) in [4.78, 5) is 16.3. The van der Waals surface area contributed by atoms with E-state index in [2.05, 4.69) is 4.98 Å². The SMILES string of the molecule is N#Cc1cccc(C(=O)C=Cc2ccc(OCc3cscn3)cc2)c1. The van der Waals surface area contributed by atoms with E-state index >= 15 is 0 Å². The van der Waals surface area contributed by atoms with Crippen molar-refractivity contribution in [2.75, 3.05) is 0 Å². The Morgan fingerprint density at radius 2 is 2.08 bits per heavy atom. The summed E-state index contributed by atoms with van der Waals surface area (Å²) in [6.07, 6.45) is 3.24. The molecule has 0 fully saturated rings. The third-order valence-electron chi connectivity index (χ3n) is 3.45. The Balaban J connectivity index is 1.61. The fraction of sp³-hybridized carbons (Fsp3) is 0.0500. The Morgan fingerprint density at radius 3 is 2.80 bits per heavy atom. The lowest BCUT2D eigenvalue weighted by Gasteiger charge is -2.04. The highest BCUT2D eigenvalue weighted by Gasteiger charge is 2.03. The summed E-state index contributed by atoms with van der Waals surface area (Å²) in [6.45, 7) is 0.437. The van der Waals surface area contributed by atoms with Crippen LogP contribution in [-0.4, -0.2) is 10.8 Å². The molecule has 122 valence electrons. The number of carbonyl (C=O) groups excluding carboxylic acids is 1. The number of thiazole rings is 1. The fourth-order valence-electron chi connectivity index (χ4n) is 2.15. The predicted molar refractivity (Wildman–Crippen MR) is 97.4 cm³/mol. The van der Waals surface area contributed by atoms with E-state index in [0.717, 1.165) is 17.0 Å². The highest BCUT2D eigenvalue weighted by Crippen LogP contribution is 2.15. The first kappa shape index (κ1) is 16.6. The number of ketones is 1. The molecule has 2 aromatic carbocycles. The van der Waals surface area contributed by atoms with Crippen LogP contribution in [0, 0.1) is 11.3 Å². The highest BCUT2D eigenvalue weighted by molar-refractivity contribution is 7.07. The second kappa shape index (κ2) is 8.04. The molecule has 5 heteroatoms. The lowest BCUT2D eigenvalue weighted by Crippen LogP contribution is -1.95. The van der Waals surface area contributed by atoms with E-state index < -0.39 is 0 Å². The third kappa shape index (κ3) is 4.63. The topological polar surface area (TPSA) is 63.0 Å². The molecule has 0 aliphatic rings. The maximum absolute atomic E-state index is 12.2. The summed E-state index contributed by atoms with van der Waals surface area (Å²) in [6, 6.07) is 16.2. The number of hydrogen-bond donors (Lipinski definition) is 0. The second-order valence-corrected chi connectivity index (χ2v) is 5.95. The van der Waals surface area contributed by atoms with Gasteiger partial charge in [0.2, 0.25) is 0 Å². The van der Waals surface area contributed by atoms with Gasteiger partial charge in [-0.15, -0.1) is 11.3 Å². The Morgan fingerprint density at radius 1 is 1.24 bits per heavy atom. The number of nitrogens with zero attached hydrogens (tertiary/aromatic N) is 2. The van der Waals surface area contributed by atoms with Crippen molar-refractivity contribution in [1.82, 2.24) is 4.98 Å². The zero-order valence-electron chi connectivity index (χ0n) is 13.3. The van der Waals surface area contributed by atoms with E-state index in [9.17, 15) is 4.79 Å². The van der Waals surface area contributed by atoms with Crippen molar-refractivity contribution >= 4 is 23.2 Å². The quantitative estimate of drug-likeness (QED) is 0.487. The van der Waals surface area contributed by atoms with Crippen molar-refractivity contribution in [2.24, 2.45) is 0 Å². The minimum Gasteiger partial charge on any atom is -0.487 e. The van der Waals surface area contributed by atoms with Gasteiger partial charge in [-0.25, -0.2) is 4.98 Å². The average molecular weight is 346 g/mol. The molecular weight excluding hydrogens is 332 g/mol. The number of rotatable bonds is 6. The first-order valence-corrected chi connectivity index (χ1v) is 8.51. The first-order valence-electron chi connectivity index (χ1n) is 7.57. The van der Waals surface area contributed by atoms with Crippen molar-refractivity contribution < 1.29 is 9.53 Å². The average Bonchev–Trinajstić information content (AvgIpc) is 3.19. The van der Waals surface area contributed by atoms with E-state index in [-0.39, 0.29) is 5.78 Å². The standard InChI is InChI=1S/C20H14N2O2S/c21-11-16-2-1-3-17(10-16)20(23)9-6-15-4-7-19(8-5-15)24-12-18-13-25-14-22-18/h1-10,13-14H,12H2. The first-order chi connectivity index (χ1) is 12.2. The van der Waals surface area contributed by atoms with Crippen LogP contribution < -0.4 is 4.74 Å². The van der Waals surface area contributed by atoms with E-state index in [1.54, 1.807) is 35.9 Å². The van der Waals surface area contributed by atoms with Gasteiger partial charge in [0.15, 0.2) is 5.78 Å². The maximum Gasteiger partial charge on any atom is 0.185 e. The van der Waals surface area contributed by atoms with Crippen molar-refractivity contribution in [3.8, 4) is 11.8 Å². The molecular formula is C20H14N2O2S. The van der Waals surface area contributed by atoms with Gasteiger partial charge >= 0.3 is 0 Å². The van der Waals surface area contributed by atoms with E-state index in [4.69, 9.17) is 10.00 Å². The van der Waals surface area contributed by atoms with Gasteiger partial charge in [0.1, 0.15) is 12.4 Å². The molecule has 0 spiro atoms. The Labute approximate surface area is 149 Å². The summed E-state index contributed by atoms with van der Waals surface area (Å²) in [5.74, 6) is 0.610. The van der Waals surface area contributed by atoms with Crippen LogP contribution in [0.1, 0.15) is 27.2 Å². The number of nitriles is 1. The van der Waals surface area contributed by atoms with Crippen LogP contribution in [0.4, 0.5) is 0 Å². The van der Waals surface area contributed by atoms with Gasteiger partial charge in [0.25, 0.3) is 0 Å². The molecule has 0 amide bonds. The fourth-order valence-corrected chi connectivity index (χ4v) is 2.69. The molecule has 0 saturated carbocycles. The lowest BCUT2D eigenvalue weighted by atomic mass is 10.1. The van der Waals surface area contributed by atoms with Gasteiger partial charge < -0.3 is 4.74 Å². The monoisotopic (exact) mass is 346 g/mol. The number of aromatic nitrogens is 1. The van der Waals surface area contributed by atoms with Crippen molar-refractivity contribution in [1.29, 1.82) is 5.26 Å². The predicted octanol–water partition coefficient (Wildman–Crippen LogP) is 4.49. The molecule has 25 heavy (non-hydrogen) atoms. The van der Waals surface area contributed by atoms with Crippen LogP contribution in [0.25, 0.3) is 6.08 Å². The van der Waals surface area contributed by atoms with Crippen LogP contribution in [0.15, 0.2) is 65.5 Å². The molecule has 1 heterocycles. The zero-order valence-corrected chi connectivity index (χ0v) is 14.1. The normalized spacial score (nSPS) is 10.5. The molecule has 0 unspecified atom stereocenters. The van der Waals surface area contributed by atoms with E-state index in [1.807, 2.05) is 35.7 Å². The summed E-state index contributed by atoms with van der Waals surface area (Å²) in [5.41, 5.74) is 4.54. The number of carbonyl (C=O) groups is 1. The molecule has 3 rings (SSSR count). The van der Waals surface area contributed by atoms with E-state index in [1.165, 1.54) is 17.4 Å². The maximum atomic E-state index is 12.2. The number of ether oxygens (including phenoxy) is 1. The summed E-state index contributed by atoms with van der Waals surface area (Å²) in [5, 5.41) is 10.8. The van der Waals surface area contributed by atoms with Crippen LogP contribution in [0.3, 0.4) is 0 Å².